The number of nitrogens with one attached hydrogen (secondary N) is 4. The van der Waals surface area contributed by atoms with Crippen LogP contribution in [0.2, 0.25) is 15.1 Å². The number of hydrogen-bond acceptors (Lipinski definition) is 8. The highest BCUT2D eigenvalue weighted by molar-refractivity contribution is 7.93. The Hall–Kier alpha value is -5.73. The molecule has 1 unspecified atom stereocenters. The minimum absolute atomic E-state index is 0.0133. The summed E-state index contributed by atoms with van der Waals surface area (Å²) in [4.78, 5) is 24.3. The predicted molar refractivity (Wildman–Crippen MR) is 228 cm³/mol. The number of aryl methyl sites for hydroxylation is 1. The molecule has 0 aromatic heterocycles. The molecule has 6 aromatic rings. The van der Waals surface area contributed by atoms with Crippen molar-refractivity contribution < 1.29 is 44.0 Å². The average Bonchev–Trinajstić information content (AvgIpc) is 3.58. The summed E-state index contributed by atoms with van der Waals surface area (Å²) in [6, 6.07) is 18.6. The average molecular weight is 948 g/mol. The van der Waals surface area contributed by atoms with Crippen molar-refractivity contribution in [3.63, 3.8) is 0 Å². The van der Waals surface area contributed by atoms with Crippen LogP contribution in [0.15, 0.2) is 113 Å². The molecule has 0 bridgehead atoms. The van der Waals surface area contributed by atoms with Crippen LogP contribution >= 0.6 is 34.8 Å². The van der Waals surface area contributed by atoms with Crippen molar-refractivity contribution in [2.45, 2.75) is 29.3 Å². The van der Waals surface area contributed by atoms with Crippen molar-refractivity contribution in [3.05, 3.63) is 175 Å². The molecular weight excluding hydrogens is 919 g/mol. The fourth-order valence-corrected chi connectivity index (χ4v) is 9.91. The number of anilines is 4. The van der Waals surface area contributed by atoms with Gasteiger partial charge in [0.2, 0.25) is 0 Å². The highest BCUT2D eigenvalue weighted by Crippen LogP contribution is 2.43. The molecule has 1 heterocycles. The molecule has 0 saturated heterocycles. The van der Waals surface area contributed by atoms with Crippen LogP contribution in [0.3, 0.4) is 0 Å². The maximum absolute atomic E-state index is 16.8. The van der Waals surface area contributed by atoms with Crippen molar-refractivity contribution in [2.75, 3.05) is 19.8 Å². The summed E-state index contributed by atoms with van der Waals surface area (Å²) < 4.78 is 121. The molecule has 2 amide bonds. The van der Waals surface area contributed by atoms with Crippen LogP contribution in [-0.2, 0) is 26.6 Å². The molecule has 1 aliphatic rings. The topological polar surface area (TPSA) is 180 Å². The van der Waals surface area contributed by atoms with Crippen molar-refractivity contribution in [1.29, 1.82) is 0 Å². The quantitative estimate of drug-likeness (QED) is 0.0799. The Labute approximate surface area is 366 Å². The zero-order valence-electron chi connectivity index (χ0n) is 31.5. The van der Waals surface area contributed by atoms with Gasteiger partial charge in [-0.25, -0.2) is 31.4 Å². The van der Waals surface area contributed by atoms with E-state index < -0.39 is 82.8 Å². The van der Waals surface area contributed by atoms with Gasteiger partial charge in [-0.2, -0.15) is 12.8 Å². The van der Waals surface area contributed by atoms with Gasteiger partial charge in [-0.05, 0) is 84.8 Å². The summed E-state index contributed by atoms with van der Waals surface area (Å²) in [5.74, 6) is -7.00. The molecule has 6 N–H and O–H groups in total. The number of carbonyl (C=O) groups is 2. The summed E-state index contributed by atoms with van der Waals surface area (Å²) in [5, 5.41) is 4.54. The van der Waals surface area contributed by atoms with E-state index in [0.29, 0.717) is 16.0 Å². The highest BCUT2D eigenvalue weighted by Gasteiger charge is 2.40. The van der Waals surface area contributed by atoms with Crippen LogP contribution in [0.4, 0.5) is 40.3 Å². The Kier molecular flexibility index (Phi) is 12.3. The lowest BCUT2D eigenvalue weighted by Gasteiger charge is -2.22. The number of fused-ring (bicyclic) bond motifs is 1. The van der Waals surface area contributed by atoms with E-state index in [1.807, 2.05) is 0 Å². The van der Waals surface area contributed by atoms with Crippen molar-refractivity contribution in [3.8, 4) is 0 Å². The van der Waals surface area contributed by atoms with E-state index in [9.17, 15) is 35.2 Å². The molecular formula is C41H29Cl3F4N6O6S2. The number of carbonyl (C=O) groups excluding carboxylic acids is 2. The van der Waals surface area contributed by atoms with Crippen LogP contribution in [0.25, 0.3) is 0 Å². The molecule has 0 saturated carbocycles. The van der Waals surface area contributed by atoms with Crippen LogP contribution in [0.5, 0.6) is 0 Å². The largest absolute Gasteiger partial charge is 0.326 e. The third-order valence-electron chi connectivity index (χ3n) is 9.62. The van der Waals surface area contributed by atoms with Gasteiger partial charge in [0.05, 0.1) is 43.5 Å². The Bertz CT molecular complexity index is 3030. The summed E-state index contributed by atoms with van der Waals surface area (Å²) >= 11 is 18.4. The minimum atomic E-state index is -5.21. The lowest BCUT2D eigenvalue weighted by molar-refractivity contribution is 0.101. The summed E-state index contributed by atoms with van der Waals surface area (Å²) in [6.45, 7) is 1.36. The van der Waals surface area contributed by atoms with E-state index in [2.05, 4.69) is 20.8 Å². The predicted octanol–water partition coefficient (Wildman–Crippen LogP) is 9.08. The molecule has 320 valence electrons. The lowest BCUT2D eigenvalue weighted by atomic mass is 9.98. The van der Waals surface area contributed by atoms with E-state index >= 15 is 8.78 Å². The van der Waals surface area contributed by atoms with E-state index in [-0.39, 0.29) is 60.4 Å². The van der Waals surface area contributed by atoms with Gasteiger partial charge in [0.25, 0.3) is 31.9 Å². The Morgan fingerprint density at radius 3 is 1.87 bits per heavy atom. The van der Waals surface area contributed by atoms with Crippen LogP contribution < -0.4 is 30.9 Å². The lowest BCUT2D eigenvalue weighted by Crippen LogP contribution is -2.40. The Balaban J connectivity index is 1.27. The molecule has 12 nitrogen and oxygen atoms in total. The third kappa shape index (κ3) is 8.42. The zero-order chi connectivity index (χ0) is 44.8. The highest BCUT2D eigenvalue weighted by atomic mass is 35.5. The molecule has 62 heavy (non-hydrogen) atoms. The summed E-state index contributed by atoms with van der Waals surface area (Å²) in [7, 11) is -9.85. The summed E-state index contributed by atoms with van der Waals surface area (Å²) in [5.41, 5.74) is 7.02. The first-order chi connectivity index (χ1) is 29.3. The van der Waals surface area contributed by atoms with Gasteiger partial charge >= 0.3 is 0 Å². The van der Waals surface area contributed by atoms with Crippen molar-refractivity contribution in [2.24, 2.45) is 5.73 Å². The van der Waals surface area contributed by atoms with E-state index in [1.165, 1.54) is 72.8 Å². The SMILES string of the molecule is Cc1ccc(S(=O)(=O)N2NC(c3ccc(F)c(S(=O)(=O)Nc4cc(NC(=O)c5c(F)cccc5Cl)ccc4CN)c3F)c3ccc(NC(=O)c4c(F)cccc4Cl)cc32)cc1Cl. The maximum Gasteiger partial charge on any atom is 0.277 e. The second-order valence-corrected chi connectivity index (χ2v) is 18.2. The van der Waals surface area contributed by atoms with E-state index in [4.69, 9.17) is 40.5 Å². The first kappa shape index (κ1) is 44.3. The third-order valence-corrected chi connectivity index (χ3v) is 13.7. The molecule has 21 heteroatoms. The molecule has 0 spiro atoms. The number of nitrogens with zero attached hydrogens (tertiary/aromatic N) is 1. The number of benzene rings is 6. The van der Waals surface area contributed by atoms with E-state index in [0.717, 1.165) is 24.3 Å². The smallest absolute Gasteiger partial charge is 0.277 e. The number of sulfonamides is 2. The number of hydrazine groups is 1. The van der Waals surface area contributed by atoms with Gasteiger partial charge in [-0.1, -0.05) is 71.2 Å². The number of halogens is 7. The molecule has 1 atom stereocenters. The molecule has 1 aliphatic heterocycles. The van der Waals surface area contributed by atoms with Gasteiger partial charge in [-0.3, -0.25) is 14.3 Å². The van der Waals surface area contributed by atoms with Gasteiger partial charge in [0.15, 0.2) is 10.7 Å². The first-order valence-electron chi connectivity index (χ1n) is 17.9. The minimum Gasteiger partial charge on any atom is -0.326 e. The second kappa shape index (κ2) is 17.2. The Morgan fingerprint density at radius 1 is 0.710 bits per heavy atom. The number of nitrogens with two attached hydrogens (primary N) is 1. The van der Waals surface area contributed by atoms with Gasteiger partial charge in [0.1, 0.15) is 17.5 Å². The molecule has 0 fully saturated rings. The fourth-order valence-electron chi connectivity index (χ4n) is 6.53. The molecule has 0 radical (unpaired) electrons. The standard InChI is InChI=1S/C41H29Cl3F4N6O6S2/c1-20-8-12-24(18-29(20)44)62(59,60)54-34-17-23(51-41(56)36-28(43)5-3-7-31(36)46)11-13-25(34)38(52-54)26-14-15-32(47)39(37(26)48)61(57,58)53-33-16-22(10-9-21(33)19-49)50-40(55)35-27(42)4-2-6-30(35)45/h2-18,38,52-53H,19,49H2,1H3,(H,50,55)(H,51,56). The van der Waals surface area contributed by atoms with Crippen molar-refractivity contribution >= 4 is 89.4 Å². The fraction of sp³-hybridized carbons (Fsp3) is 0.0732. The molecule has 7 rings (SSSR count). The zero-order valence-corrected chi connectivity index (χ0v) is 35.4. The Morgan fingerprint density at radius 2 is 1.29 bits per heavy atom. The molecule has 0 aliphatic carbocycles. The number of hydrogen-bond donors (Lipinski definition) is 5. The van der Waals surface area contributed by atoms with Crippen LogP contribution in [0.1, 0.15) is 49.0 Å². The number of amides is 2. The van der Waals surface area contributed by atoms with Crippen molar-refractivity contribution in [1.82, 2.24) is 5.43 Å². The summed E-state index contributed by atoms with van der Waals surface area (Å²) in [6.07, 6.45) is 0. The van der Waals surface area contributed by atoms with Crippen LogP contribution in [-0.4, -0.2) is 28.6 Å². The van der Waals surface area contributed by atoms with Gasteiger partial charge < -0.3 is 16.4 Å². The normalized spacial score (nSPS) is 13.8. The second-order valence-electron chi connectivity index (χ2n) is 13.6. The van der Waals surface area contributed by atoms with Gasteiger partial charge in [0, 0.05) is 34.1 Å². The maximum atomic E-state index is 16.8. The first-order valence-corrected chi connectivity index (χ1v) is 21.9. The number of rotatable bonds is 11. The van der Waals surface area contributed by atoms with E-state index in [1.54, 1.807) is 6.92 Å². The monoisotopic (exact) mass is 946 g/mol. The van der Waals surface area contributed by atoms with Gasteiger partial charge in [-0.15, -0.1) is 0 Å². The molecule has 6 aromatic carbocycles. The van der Waals surface area contributed by atoms with Crippen LogP contribution in [0, 0.1) is 30.2 Å².